The first-order valence-corrected chi connectivity index (χ1v) is 11.9. The van der Waals surface area contributed by atoms with Gasteiger partial charge < -0.3 is 4.90 Å². The van der Waals surface area contributed by atoms with Crippen LogP contribution in [0.5, 0.6) is 0 Å². The lowest BCUT2D eigenvalue weighted by Gasteiger charge is -2.31. The number of hydrogen-bond donors (Lipinski definition) is 0. The number of carbonyl (C=O) groups is 3. The van der Waals surface area contributed by atoms with Crippen LogP contribution in [-0.4, -0.2) is 53.6 Å². The first kappa shape index (κ1) is 20.8. The van der Waals surface area contributed by atoms with Gasteiger partial charge in [0.25, 0.3) is 0 Å². The van der Waals surface area contributed by atoms with E-state index in [4.69, 9.17) is 0 Å². The molecule has 2 aliphatic carbocycles. The molecule has 0 N–H and O–H groups in total. The molecule has 2 bridgehead atoms. The van der Waals surface area contributed by atoms with Crippen LogP contribution in [0, 0.1) is 35.4 Å². The fourth-order valence-corrected chi connectivity index (χ4v) is 6.56. The maximum Gasteiger partial charge on any atom is 0.233 e. The summed E-state index contributed by atoms with van der Waals surface area (Å²) in [4.78, 5) is 42.1. The highest BCUT2D eigenvalue weighted by molar-refractivity contribution is 6.06. The number of hydrogen-bond acceptors (Lipinski definition) is 4. The van der Waals surface area contributed by atoms with Gasteiger partial charge in [0.2, 0.25) is 11.8 Å². The first-order valence-electron chi connectivity index (χ1n) is 11.9. The van der Waals surface area contributed by atoms with E-state index in [1.54, 1.807) is 17.0 Å². The molecule has 2 saturated carbocycles. The van der Waals surface area contributed by atoms with Crippen molar-refractivity contribution < 1.29 is 18.8 Å². The van der Waals surface area contributed by atoms with Crippen LogP contribution >= 0.6 is 0 Å². The smallest absolute Gasteiger partial charge is 0.233 e. The van der Waals surface area contributed by atoms with Crippen LogP contribution in [-0.2, 0) is 9.59 Å². The molecule has 1 aromatic carbocycles. The van der Waals surface area contributed by atoms with Crippen LogP contribution in [0.25, 0.3) is 0 Å². The summed E-state index contributed by atoms with van der Waals surface area (Å²) >= 11 is 0. The Bertz CT molecular complexity index is 834. The molecule has 4 fully saturated rings. The van der Waals surface area contributed by atoms with E-state index in [2.05, 4.69) is 4.90 Å². The highest BCUT2D eigenvalue weighted by atomic mass is 19.1. The zero-order valence-corrected chi connectivity index (χ0v) is 18.0. The van der Waals surface area contributed by atoms with E-state index >= 15 is 0 Å². The van der Waals surface area contributed by atoms with Gasteiger partial charge in [0, 0.05) is 18.0 Å². The van der Waals surface area contributed by atoms with Crippen molar-refractivity contribution in [2.75, 3.05) is 26.2 Å². The Morgan fingerprint density at radius 3 is 2.06 bits per heavy atom. The largest absolute Gasteiger partial charge is 0.303 e. The van der Waals surface area contributed by atoms with Crippen molar-refractivity contribution >= 4 is 17.6 Å². The minimum absolute atomic E-state index is 0.0103. The molecule has 2 heterocycles. The van der Waals surface area contributed by atoms with Gasteiger partial charge in [-0.25, -0.2) is 4.39 Å². The van der Waals surface area contributed by atoms with Crippen molar-refractivity contribution in [3.63, 3.8) is 0 Å². The number of fused-ring (bicyclic) bond motifs is 5. The summed E-state index contributed by atoms with van der Waals surface area (Å²) in [6.07, 6.45) is 6.78. The van der Waals surface area contributed by atoms with Gasteiger partial charge in [-0.05, 0) is 101 Å². The van der Waals surface area contributed by atoms with E-state index < -0.39 is 0 Å². The molecule has 2 saturated heterocycles. The summed E-state index contributed by atoms with van der Waals surface area (Å²) in [6, 6.07) is 5.83. The van der Waals surface area contributed by atoms with Crippen LogP contribution in [0.3, 0.4) is 0 Å². The monoisotopic (exact) mass is 426 g/mol. The van der Waals surface area contributed by atoms with Gasteiger partial charge in [-0.15, -0.1) is 0 Å². The fraction of sp³-hybridized carbons (Fsp3) is 0.640. The van der Waals surface area contributed by atoms with Crippen molar-refractivity contribution in [2.24, 2.45) is 29.6 Å². The Morgan fingerprint density at radius 2 is 1.45 bits per heavy atom. The third-order valence-corrected chi connectivity index (χ3v) is 8.21. The van der Waals surface area contributed by atoms with Gasteiger partial charge in [0.15, 0.2) is 5.78 Å². The summed E-state index contributed by atoms with van der Waals surface area (Å²) < 4.78 is 13.1. The molecule has 1 aromatic rings. The average Bonchev–Trinajstić information content (AvgIpc) is 3.46. The Kier molecular flexibility index (Phi) is 5.67. The SMILES string of the molecule is O=C(c1ccc(F)cc1)C1CCN(CCCCN2C(=O)[C@@H]3[C@H]4CC[C@H](C4)[C@@H]3C2=O)CC1. The van der Waals surface area contributed by atoms with Gasteiger partial charge in [-0.3, -0.25) is 19.3 Å². The predicted octanol–water partition coefficient (Wildman–Crippen LogP) is 3.53. The fourth-order valence-electron chi connectivity index (χ4n) is 6.56. The number of nitrogens with zero attached hydrogens (tertiary/aromatic N) is 2. The van der Waals surface area contributed by atoms with Crippen molar-refractivity contribution in [3.8, 4) is 0 Å². The second-order valence-corrected chi connectivity index (χ2v) is 9.91. The van der Waals surface area contributed by atoms with E-state index in [0.29, 0.717) is 23.9 Å². The highest BCUT2D eigenvalue weighted by Gasteiger charge is 2.60. The van der Waals surface area contributed by atoms with E-state index in [-0.39, 0.29) is 41.2 Å². The summed E-state index contributed by atoms with van der Waals surface area (Å²) in [5.41, 5.74) is 0.595. The molecular formula is C25H31FN2O3. The molecule has 2 aliphatic heterocycles. The minimum Gasteiger partial charge on any atom is -0.303 e. The number of amides is 2. The lowest BCUT2D eigenvalue weighted by atomic mass is 9.81. The van der Waals surface area contributed by atoms with Crippen LogP contribution in [0.2, 0.25) is 0 Å². The Hall–Kier alpha value is -2.08. The second-order valence-electron chi connectivity index (χ2n) is 9.91. The minimum atomic E-state index is -0.320. The number of likely N-dealkylation sites (tertiary alicyclic amines) is 2. The highest BCUT2D eigenvalue weighted by Crippen LogP contribution is 2.56. The molecule has 4 atom stereocenters. The molecule has 5 nitrogen and oxygen atoms in total. The van der Waals surface area contributed by atoms with Gasteiger partial charge in [-0.2, -0.15) is 0 Å². The number of rotatable bonds is 7. The number of Topliss-reactive ketones (excluding diaryl/α,β-unsaturated/α-hetero) is 1. The van der Waals surface area contributed by atoms with Crippen molar-refractivity contribution in [2.45, 2.75) is 44.9 Å². The topological polar surface area (TPSA) is 57.7 Å². The number of imide groups is 1. The molecule has 31 heavy (non-hydrogen) atoms. The summed E-state index contributed by atoms with van der Waals surface area (Å²) in [5.74, 6) is 0.893. The quantitative estimate of drug-likeness (QED) is 0.380. The summed E-state index contributed by atoms with van der Waals surface area (Å²) in [7, 11) is 0. The average molecular weight is 427 g/mol. The van der Waals surface area contributed by atoms with Crippen LogP contribution in [0.4, 0.5) is 4.39 Å². The molecule has 2 amide bonds. The van der Waals surface area contributed by atoms with Crippen molar-refractivity contribution in [3.05, 3.63) is 35.6 Å². The van der Waals surface area contributed by atoms with Crippen molar-refractivity contribution in [1.29, 1.82) is 0 Å². The van der Waals surface area contributed by atoms with E-state index in [0.717, 1.165) is 64.6 Å². The van der Waals surface area contributed by atoms with Crippen LogP contribution < -0.4 is 0 Å². The summed E-state index contributed by atoms with van der Waals surface area (Å²) in [5, 5.41) is 0. The van der Waals surface area contributed by atoms with Gasteiger partial charge in [-0.1, -0.05) is 0 Å². The first-order chi connectivity index (χ1) is 15.0. The lowest BCUT2D eigenvalue weighted by Crippen LogP contribution is -2.37. The Morgan fingerprint density at radius 1 is 0.871 bits per heavy atom. The molecule has 0 spiro atoms. The number of piperidine rings is 1. The number of halogens is 1. The number of carbonyl (C=O) groups excluding carboxylic acids is 3. The standard InChI is InChI=1S/C25H31FN2O3/c26-20-7-5-16(6-8-20)23(29)17-9-13-27(14-10-17)11-1-2-12-28-24(30)21-18-3-4-19(15-18)22(21)25(28)31/h5-8,17-19,21-22H,1-4,9-15H2/t18-,19+,21+,22-. The van der Waals surface area contributed by atoms with Gasteiger partial charge in [0.05, 0.1) is 11.8 Å². The zero-order valence-electron chi connectivity index (χ0n) is 18.0. The van der Waals surface area contributed by atoms with Crippen LogP contribution in [0.15, 0.2) is 24.3 Å². The van der Waals surface area contributed by atoms with E-state index in [9.17, 15) is 18.8 Å². The third-order valence-electron chi connectivity index (χ3n) is 8.21. The van der Waals surface area contributed by atoms with Gasteiger partial charge >= 0.3 is 0 Å². The van der Waals surface area contributed by atoms with E-state index in [1.807, 2.05) is 0 Å². The number of ketones is 1. The molecular weight excluding hydrogens is 395 g/mol. The maximum absolute atomic E-state index is 13.1. The lowest BCUT2D eigenvalue weighted by molar-refractivity contribution is -0.140. The molecule has 0 unspecified atom stereocenters. The van der Waals surface area contributed by atoms with Gasteiger partial charge in [0.1, 0.15) is 5.82 Å². The number of unbranched alkanes of at least 4 members (excludes halogenated alkanes) is 1. The molecule has 0 radical (unpaired) electrons. The Labute approximate surface area is 183 Å². The summed E-state index contributed by atoms with van der Waals surface area (Å²) in [6.45, 7) is 3.26. The van der Waals surface area contributed by atoms with Crippen molar-refractivity contribution in [1.82, 2.24) is 9.80 Å². The van der Waals surface area contributed by atoms with Crippen LogP contribution in [0.1, 0.15) is 55.3 Å². The molecule has 5 rings (SSSR count). The second kappa shape index (κ2) is 8.45. The zero-order chi connectivity index (χ0) is 21.5. The number of benzene rings is 1. The Balaban J connectivity index is 1.04. The van der Waals surface area contributed by atoms with E-state index in [1.165, 1.54) is 12.1 Å². The molecule has 6 heteroatoms. The maximum atomic E-state index is 13.1. The molecule has 166 valence electrons. The molecule has 4 aliphatic rings. The third kappa shape index (κ3) is 3.84. The predicted molar refractivity (Wildman–Crippen MR) is 114 cm³/mol. The normalized spacial score (nSPS) is 30.9. The molecule has 0 aromatic heterocycles.